The van der Waals surface area contributed by atoms with Crippen molar-refractivity contribution < 1.29 is 18.7 Å². The van der Waals surface area contributed by atoms with Crippen molar-refractivity contribution in [3.8, 4) is 0 Å². The van der Waals surface area contributed by atoms with Crippen molar-refractivity contribution in [1.29, 1.82) is 0 Å². The zero-order valence-corrected chi connectivity index (χ0v) is 14.7. The van der Waals surface area contributed by atoms with Crippen molar-refractivity contribution in [2.24, 2.45) is 0 Å². The lowest BCUT2D eigenvalue weighted by atomic mass is 10.2. The molecule has 0 unspecified atom stereocenters. The molecule has 1 atom stereocenters. The van der Waals surface area contributed by atoms with E-state index in [1.54, 1.807) is 36.4 Å². The number of carbonyl (C=O) groups excluding carboxylic acids is 2. The van der Waals surface area contributed by atoms with Crippen LogP contribution in [0.4, 0.5) is 10.1 Å². The molecule has 25 heavy (non-hydrogen) atoms. The molecule has 1 N–H and O–H groups in total. The topological polar surface area (TPSA) is 55.4 Å². The standard InChI is InChI=1S/C18H13ClFNO3S/c1-10(17(22)21-14-7-3-2-5-12(14)19)24-18(23)16-9-11-13(20)6-4-8-15(11)25-16/h2-10H,1H3,(H,21,22)/t10-/m0/s1. The number of benzene rings is 2. The van der Waals surface area contributed by atoms with Crippen molar-refractivity contribution in [2.45, 2.75) is 13.0 Å². The van der Waals surface area contributed by atoms with Crippen LogP contribution in [0.25, 0.3) is 10.1 Å². The number of para-hydroxylation sites is 1. The molecule has 3 rings (SSSR count). The molecule has 0 bridgehead atoms. The highest BCUT2D eigenvalue weighted by atomic mass is 35.5. The lowest BCUT2D eigenvalue weighted by Gasteiger charge is -2.13. The van der Waals surface area contributed by atoms with E-state index in [9.17, 15) is 14.0 Å². The highest BCUT2D eigenvalue weighted by molar-refractivity contribution is 7.20. The van der Waals surface area contributed by atoms with Gasteiger partial charge in [-0.05, 0) is 37.3 Å². The first-order chi connectivity index (χ1) is 12.0. The number of nitrogens with one attached hydrogen (secondary N) is 1. The third kappa shape index (κ3) is 3.81. The second-order valence-corrected chi connectivity index (χ2v) is 6.77. The zero-order valence-electron chi connectivity index (χ0n) is 13.1. The first kappa shape index (κ1) is 17.4. The Balaban J connectivity index is 1.70. The molecule has 3 aromatic rings. The molecule has 1 amide bonds. The number of esters is 1. The lowest BCUT2D eigenvalue weighted by molar-refractivity contribution is -0.123. The highest BCUT2D eigenvalue weighted by Gasteiger charge is 2.21. The second-order valence-electron chi connectivity index (χ2n) is 5.28. The predicted octanol–water partition coefficient (Wildman–Crippen LogP) is 4.88. The number of halogens is 2. The fraction of sp³-hybridized carbons (Fsp3) is 0.111. The molecule has 0 aliphatic rings. The molecule has 128 valence electrons. The molecule has 0 fully saturated rings. The minimum absolute atomic E-state index is 0.234. The van der Waals surface area contributed by atoms with E-state index in [-0.39, 0.29) is 4.88 Å². The average molecular weight is 378 g/mol. The highest BCUT2D eigenvalue weighted by Crippen LogP contribution is 2.28. The van der Waals surface area contributed by atoms with Gasteiger partial charge in [-0.15, -0.1) is 11.3 Å². The van der Waals surface area contributed by atoms with Gasteiger partial charge in [0.05, 0.1) is 10.7 Å². The van der Waals surface area contributed by atoms with Crippen molar-refractivity contribution >= 4 is 50.6 Å². The van der Waals surface area contributed by atoms with Gasteiger partial charge in [-0.25, -0.2) is 9.18 Å². The number of rotatable bonds is 4. The van der Waals surface area contributed by atoms with Gasteiger partial charge in [0.1, 0.15) is 10.7 Å². The summed E-state index contributed by atoms with van der Waals surface area (Å²) in [5.41, 5.74) is 0.431. The van der Waals surface area contributed by atoms with Crippen molar-refractivity contribution in [3.63, 3.8) is 0 Å². The third-order valence-electron chi connectivity index (χ3n) is 3.49. The summed E-state index contributed by atoms with van der Waals surface area (Å²) in [6.45, 7) is 1.46. The lowest BCUT2D eigenvalue weighted by Crippen LogP contribution is -2.29. The van der Waals surface area contributed by atoms with Crippen LogP contribution in [0, 0.1) is 5.82 Å². The van der Waals surface area contributed by atoms with E-state index in [0.29, 0.717) is 20.8 Å². The molecule has 4 nitrogen and oxygen atoms in total. The number of fused-ring (bicyclic) bond motifs is 1. The number of hydrogen-bond acceptors (Lipinski definition) is 4. The SMILES string of the molecule is C[C@H](OC(=O)c1cc2c(F)cccc2s1)C(=O)Nc1ccccc1Cl. The second kappa shape index (κ2) is 7.21. The largest absolute Gasteiger partial charge is 0.448 e. The Morgan fingerprint density at radius 1 is 1.20 bits per heavy atom. The van der Waals surface area contributed by atoms with Crippen LogP contribution in [0.2, 0.25) is 5.02 Å². The molecule has 0 spiro atoms. The van der Waals surface area contributed by atoms with E-state index in [2.05, 4.69) is 5.32 Å². The van der Waals surface area contributed by atoms with Crippen LogP contribution < -0.4 is 5.32 Å². The summed E-state index contributed by atoms with van der Waals surface area (Å²) in [5.74, 6) is -1.59. The zero-order chi connectivity index (χ0) is 18.0. The molecule has 0 saturated carbocycles. The van der Waals surface area contributed by atoms with Crippen molar-refractivity contribution in [3.05, 3.63) is 64.2 Å². The fourth-order valence-electron chi connectivity index (χ4n) is 2.20. The number of hydrogen-bond donors (Lipinski definition) is 1. The third-order valence-corrected chi connectivity index (χ3v) is 4.90. The van der Waals surface area contributed by atoms with Gasteiger partial charge in [0.15, 0.2) is 6.10 Å². The minimum atomic E-state index is -1.03. The van der Waals surface area contributed by atoms with Crippen LogP contribution in [0.3, 0.4) is 0 Å². The quantitative estimate of drug-likeness (QED) is 0.659. The van der Waals surface area contributed by atoms with Crippen LogP contribution in [0.15, 0.2) is 48.5 Å². The molecule has 0 aliphatic carbocycles. The smallest absolute Gasteiger partial charge is 0.349 e. The normalized spacial score (nSPS) is 12.0. The maximum Gasteiger partial charge on any atom is 0.349 e. The Kier molecular flexibility index (Phi) is 5.01. The fourth-order valence-corrected chi connectivity index (χ4v) is 3.34. The summed E-state index contributed by atoms with van der Waals surface area (Å²) in [6, 6.07) is 12.8. The van der Waals surface area contributed by atoms with E-state index in [1.807, 2.05) is 0 Å². The number of ether oxygens (including phenoxy) is 1. The maximum atomic E-state index is 13.7. The van der Waals surface area contributed by atoms with Gasteiger partial charge in [-0.1, -0.05) is 29.8 Å². The molecular weight excluding hydrogens is 365 g/mol. The summed E-state index contributed by atoms with van der Waals surface area (Å²) in [7, 11) is 0. The van der Waals surface area contributed by atoms with Crippen LogP contribution in [-0.4, -0.2) is 18.0 Å². The number of amides is 1. The number of carbonyl (C=O) groups is 2. The Labute approximate surface area is 152 Å². The minimum Gasteiger partial charge on any atom is -0.448 e. The average Bonchev–Trinajstić information content (AvgIpc) is 3.02. The first-order valence-electron chi connectivity index (χ1n) is 7.40. The van der Waals surface area contributed by atoms with Gasteiger partial charge >= 0.3 is 5.97 Å². The van der Waals surface area contributed by atoms with E-state index in [0.717, 1.165) is 11.3 Å². The van der Waals surface area contributed by atoms with Crippen molar-refractivity contribution in [2.75, 3.05) is 5.32 Å². The molecule has 7 heteroatoms. The van der Waals surface area contributed by atoms with Gasteiger partial charge in [-0.2, -0.15) is 0 Å². The molecule has 0 aliphatic heterocycles. The van der Waals surface area contributed by atoms with Crippen LogP contribution in [0.1, 0.15) is 16.6 Å². The molecule has 1 heterocycles. The maximum absolute atomic E-state index is 13.7. The molecule has 0 saturated heterocycles. The van der Waals surface area contributed by atoms with Crippen molar-refractivity contribution in [1.82, 2.24) is 0 Å². The monoisotopic (exact) mass is 377 g/mol. The molecule has 2 aromatic carbocycles. The van der Waals surface area contributed by atoms with E-state index >= 15 is 0 Å². The molecule has 0 radical (unpaired) electrons. The van der Waals surface area contributed by atoms with Crippen LogP contribution in [0.5, 0.6) is 0 Å². The summed E-state index contributed by atoms with van der Waals surface area (Å²) >= 11 is 7.09. The van der Waals surface area contributed by atoms with E-state index < -0.39 is 23.8 Å². The molecule has 1 aromatic heterocycles. The van der Waals surface area contributed by atoms with E-state index in [1.165, 1.54) is 19.1 Å². The first-order valence-corrected chi connectivity index (χ1v) is 8.59. The molecular formula is C18H13ClFNO3S. The van der Waals surface area contributed by atoms with Gasteiger partial charge in [0, 0.05) is 10.1 Å². The van der Waals surface area contributed by atoms with E-state index in [4.69, 9.17) is 16.3 Å². The van der Waals surface area contributed by atoms with Crippen LogP contribution >= 0.6 is 22.9 Å². The Morgan fingerprint density at radius 2 is 1.96 bits per heavy atom. The van der Waals surface area contributed by atoms with Gasteiger partial charge in [-0.3, -0.25) is 4.79 Å². The Bertz CT molecular complexity index is 956. The predicted molar refractivity (Wildman–Crippen MR) is 96.7 cm³/mol. The van der Waals surface area contributed by atoms with Crippen LogP contribution in [-0.2, 0) is 9.53 Å². The van der Waals surface area contributed by atoms with Gasteiger partial charge in [0.25, 0.3) is 5.91 Å². The summed E-state index contributed by atoms with van der Waals surface area (Å²) in [5, 5.41) is 3.34. The summed E-state index contributed by atoms with van der Waals surface area (Å²) in [6.07, 6.45) is -1.03. The summed E-state index contributed by atoms with van der Waals surface area (Å²) < 4.78 is 19.5. The Hall–Kier alpha value is -2.44. The Morgan fingerprint density at radius 3 is 2.68 bits per heavy atom. The summed E-state index contributed by atoms with van der Waals surface area (Å²) in [4.78, 5) is 24.6. The van der Waals surface area contributed by atoms with Gasteiger partial charge in [0.2, 0.25) is 0 Å². The van der Waals surface area contributed by atoms with Gasteiger partial charge < -0.3 is 10.1 Å². The number of anilines is 1. The number of thiophene rings is 1.